The van der Waals surface area contributed by atoms with Gasteiger partial charge < -0.3 is 23.4 Å². The van der Waals surface area contributed by atoms with Crippen molar-refractivity contribution in [2.24, 2.45) is 0 Å². The van der Waals surface area contributed by atoms with Gasteiger partial charge in [0.2, 0.25) is 0 Å². The highest BCUT2D eigenvalue weighted by atomic mass is 16.8. The van der Waals surface area contributed by atoms with Gasteiger partial charge in [-0.25, -0.2) is 9.59 Å². The summed E-state index contributed by atoms with van der Waals surface area (Å²) >= 11 is 0. The number of piperazine rings is 1. The maximum absolute atomic E-state index is 12.1. The number of fused-ring (bicyclic) bond motifs is 2. The van der Waals surface area contributed by atoms with Crippen molar-refractivity contribution in [2.45, 2.75) is 12.3 Å². The largest absolute Gasteiger partial charge is 0.486 e. The zero-order valence-corrected chi connectivity index (χ0v) is 17.8. The molecule has 2 saturated heterocycles. The quantitative estimate of drug-likeness (QED) is 0.439. The number of esters is 2. The summed E-state index contributed by atoms with van der Waals surface area (Å²) in [6.45, 7) is 2.91. The summed E-state index contributed by atoms with van der Waals surface area (Å²) < 4.78 is 28.3. The highest BCUT2D eigenvalue weighted by Crippen LogP contribution is 2.44. The first-order valence-corrected chi connectivity index (χ1v) is 10.9. The molecule has 0 aliphatic carbocycles. The van der Waals surface area contributed by atoms with Crippen molar-refractivity contribution < 1.29 is 33.0 Å². The topological polar surface area (TPSA) is 90.7 Å². The number of para-hydroxylation sites is 2. The van der Waals surface area contributed by atoms with Gasteiger partial charge in [0.15, 0.2) is 11.5 Å². The Kier molecular flexibility index (Phi) is 4.65. The van der Waals surface area contributed by atoms with Crippen LogP contribution in [0.25, 0.3) is 11.0 Å². The lowest BCUT2D eigenvalue weighted by Gasteiger charge is -2.46. The maximum atomic E-state index is 12.1. The summed E-state index contributed by atoms with van der Waals surface area (Å²) in [5.41, 5.74) is 2.61. The van der Waals surface area contributed by atoms with Gasteiger partial charge >= 0.3 is 17.8 Å². The highest BCUT2D eigenvalue weighted by molar-refractivity contribution is 6.31. The molecule has 0 amide bonds. The van der Waals surface area contributed by atoms with Crippen molar-refractivity contribution in [1.29, 1.82) is 0 Å². The highest BCUT2D eigenvalue weighted by Gasteiger charge is 2.56. The minimum absolute atomic E-state index is 0.213. The second kappa shape index (κ2) is 7.70. The SMILES string of the molecule is O=C1OC2(CN(CCc3coc4ccccc34)CCN2c2cccc3c2OCCO3)OC1=O. The van der Waals surface area contributed by atoms with Gasteiger partial charge in [-0.15, -0.1) is 0 Å². The Morgan fingerprint density at radius 1 is 0.909 bits per heavy atom. The summed E-state index contributed by atoms with van der Waals surface area (Å²) in [4.78, 5) is 28.1. The third kappa shape index (κ3) is 3.36. The molecular formula is C24H22N2O7. The van der Waals surface area contributed by atoms with Crippen LogP contribution in [0.15, 0.2) is 53.1 Å². The lowest BCUT2D eigenvalue weighted by atomic mass is 10.1. The van der Waals surface area contributed by atoms with E-state index >= 15 is 0 Å². The van der Waals surface area contributed by atoms with Gasteiger partial charge in [-0.1, -0.05) is 24.3 Å². The molecule has 33 heavy (non-hydrogen) atoms. The maximum Gasteiger partial charge on any atom is 0.422 e. The number of hydrogen-bond donors (Lipinski definition) is 0. The molecule has 3 aliphatic rings. The molecule has 0 saturated carbocycles. The molecule has 0 N–H and O–H groups in total. The van der Waals surface area contributed by atoms with Crippen LogP contribution in [0, 0.1) is 0 Å². The fourth-order valence-corrected chi connectivity index (χ4v) is 4.70. The summed E-state index contributed by atoms with van der Waals surface area (Å²) in [6, 6.07) is 13.4. The van der Waals surface area contributed by atoms with Crippen molar-refractivity contribution >= 4 is 28.6 Å². The van der Waals surface area contributed by atoms with Crippen LogP contribution in [-0.2, 0) is 25.5 Å². The van der Waals surface area contributed by atoms with Crippen molar-refractivity contribution in [1.82, 2.24) is 4.90 Å². The molecule has 9 heteroatoms. The van der Waals surface area contributed by atoms with E-state index in [0.717, 1.165) is 23.0 Å². The van der Waals surface area contributed by atoms with Gasteiger partial charge in [-0.3, -0.25) is 9.80 Å². The monoisotopic (exact) mass is 450 g/mol. The smallest absolute Gasteiger partial charge is 0.422 e. The van der Waals surface area contributed by atoms with Gasteiger partial charge in [0.1, 0.15) is 18.8 Å². The van der Waals surface area contributed by atoms with E-state index in [1.807, 2.05) is 42.5 Å². The Hall–Kier alpha value is -3.72. The van der Waals surface area contributed by atoms with E-state index in [1.54, 1.807) is 11.2 Å². The summed E-state index contributed by atoms with van der Waals surface area (Å²) in [6.07, 6.45) is 2.52. The Morgan fingerprint density at radius 3 is 2.61 bits per heavy atom. The van der Waals surface area contributed by atoms with Crippen LogP contribution >= 0.6 is 0 Å². The number of rotatable bonds is 4. The normalized spacial score (nSPS) is 19.7. The molecule has 170 valence electrons. The van der Waals surface area contributed by atoms with Crippen molar-refractivity contribution in [3.8, 4) is 11.5 Å². The van der Waals surface area contributed by atoms with Crippen LogP contribution < -0.4 is 14.4 Å². The molecule has 0 bridgehead atoms. The van der Waals surface area contributed by atoms with Crippen LogP contribution in [0.2, 0.25) is 0 Å². The lowest BCUT2D eigenvalue weighted by molar-refractivity contribution is -0.192. The predicted molar refractivity (Wildman–Crippen MR) is 116 cm³/mol. The van der Waals surface area contributed by atoms with Crippen LogP contribution in [-0.4, -0.2) is 62.1 Å². The second-order valence-electron chi connectivity index (χ2n) is 8.23. The number of ether oxygens (including phenoxy) is 4. The Morgan fingerprint density at radius 2 is 1.73 bits per heavy atom. The van der Waals surface area contributed by atoms with Crippen LogP contribution in [0.5, 0.6) is 11.5 Å². The lowest BCUT2D eigenvalue weighted by Crippen LogP contribution is -2.64. The average molecular weight is 450 g/mol. The molecule has 0 unspecified atom stereocenters. The molecule has 2 fully saturated rings. The number of anilines is 1. The Bertz CT molecular complexity index is 1220. The molecular weight excluding hydrogens is 428 g/mol. The summed E-state index contributed by atoms with van der Waals surface area (Å²) in [5, 5.41) is 1.08. The fraction of sp³-hybridized carbons (Fsp3) is 0.333. The van der Waals surface area contributed by atoms with Crippen molar-refractivity contribution in [3.05, 3.63) is 54.3 Å². The first-order chi connectivity index (χ1) is 16.1. The summed E-state index contributed by atoms with van der Waals surface area (Å²) in [5.74, 6) is -2.38. The van der Waals surface area contributed by atoms with Gasteiger partial charge in [-0.05, 0) is 30.2 Å². The van der Waals surface area contributed by atoms with Gasteiger partial charge in [0.05, 0.1) is 18.5 Å². The number of carbonyl (C=O) groups excluding carboxylic acids is 2. The van der Waals surface area contributed by atoms with Crippen molar-refractivity contribution in [2.75, 3.05) is 44.3 Å². The average Bonchev–Trinajstić information content (AvgIpc) is 3.37. The van der Waals surface area contributed by atoms with E-state index in [4.69, 9.17) is 23.4 Å². The van der Waals surface area contributed by atoms with Gasteiger partial charge in [0.25, 0.3) is 0 Å². The molecule has 0 radical (unpaired) electrons. The number of carbonyl (C=O) groups is 2. The molecule has 1 aromatic heterocycles. The number of benzene rings is 2. The van der Waals surface area contributed by atoms with Gasteiger partial charge in [-0.2, -0.15) is 0 Å². The number of nitrogens with zero attached hydrogens (tertiary/aromatic N) is 2. The summed E-state index contributed by atoms with van der Waals surface area (Å²) in [7, 11) is 0. The van der Waals surface area contributed by atoms with Crippen molar-refractivity contribution in [3.63, 3.8) is 0 Å². The van der Waals surface area contributed by atoms with E-state index in [2.05, 4.69) is 4.90 Å². The first-order valence-electron chi connectivity index (χ1n) is 10.9. The van der Waals surface area contributed by atoms with Crippen LogP contribution in [0.4, 0.5) is 5.69 Å². The Balaban J connectivity index is 1.27. The molecule has 1 spiro atoms. The van der Waals surface area contributed by atoms with E-state index in [9.17, 15) is 9.59 Å². The van der Waals surface area contributed by atoms with E-state index in [0.29, 0.717) is 50.0 Å². The zero-order valence-electron chi connectivity index (χ0n) is 17.8. The van der Waals surface area contributed by atoms with Crippen LogP contribution in [0.3, 0.4) is 0 Å². The van der Waals surface area contributed by atoms with E-state index in [1.165, 1.54) is 0 Å². The third-order valence-electron chi connectivity index (χ3n) is 6.24. The molecule has 2 aromatic carbocycles. The predicted octanol–water partition coefficient (Wildman–Crippen LogP) is 2.32. The van der Waals surface area contributed by atoms with E-state index < -0.39 is 17.8 Å². The van der Waals surface area contributed by atoms with Gasteiger partial charge in [0, 0.05) is 25.0 Å². The third-order valence-corrected chi connectivity index (χ3v) is 6.24. The minimum Gasteiger partial charge on any atom is -0.486 e. The molecule has 6 rings (SSSR count). The number of hydrogen-bond acceptors (Lipinski definition) is 9. The zero-order chi connectivity index (χ0) is 22.4. The standard InChI is InChI=1S/C24H22N2O7/c27-22-23(28)33-24(32-22)15-25(9-8-16-14-31-19-6-2-1-4-17(16)19)10-11-26(24)18-5-3-7-20-21(18)30-13-12-29-20/h1-7,14H,8-13,15H2. The van der Waals surface area contributed by atoms with E-state index in [-0.39, 0.29) is 6.54 Å². The molecule has 3 aromatic rings. The van der Waals surface area contributed by atoms with Crippen LogP contribution in [0.1, 0.15) is 5.56 Å². The molecule has 9 nitrogen and oxygen atoms in total. The Labute approximate surface area is 189 Å². The molecule has 0 atom stereocenters. The minimum atomic E-state index is -1.55. The molecule has 4 heterocycles. The first kappa shape index (κ1) is 19.9. The number of furan rings is 1. The fourth-order valence-electron chi connectivity index (χ4n) is 4.70. The second-order valence-corrected chi connectivity index (χ2v) is 8.23. The molecule has 3 aliphatic heterocycles.